The maximum atomic E-state index is 12.5. The van der Waals surface area contributed by atoms with E-state index in [1.54, 1.807) is 29.3 Å². The zero-order valence-electron chi connectivity index (χ0n) is 12.6. The molecule has 0 N–H and O–H groups in total. The number of hydrogen-bond acceptors (Lipinski definition) is 5. The van der Waals surface area contributed by atoms with Gasteiger partial charge in [0.1, 0.15) is 0 Å². The lowest BCUT2D eigenvalue weighted by molar-refractivity contribution is -0.142. The molecule has 22 heavy (non-hydrogen) atoms. The van der Waals surface area contributed by atoms with Gasteiger partial charge in [-0.15, -0.1) is 11.3 Å². The maximum absolute atomic E-state index is 12.5. The number of hydrogen-bond donors (Lipinski definition) is 0. The molecule has 5 nitrogen and oxygen atoms in total. The van der Waals surface area contributed by atoms with E-state index in [9.17, 15) is 9.59 Å². The molecule has 1 heterocycles. The Morgan fingerprint density at radius 1 is 1.23 bits per heavy atom. The minimum atomic E-state index is -0.309. The number of anilines is 1. The van der Waals surface area contributed by atoms with Crippen molar-refractivity contribution in [3.05, 3.63) is 47.0 Å². The molecule has 6 heteroatoms. The van der Waals surface area contributed by atoms with Gasteiger partial charge in [0, 0.05) is 17.5 Å². The predicted molar refractivity (Wildman–Crippen MR) is 86.2 cm³/mol. The number of rotatable bonds is 6. The van der Waals surface area contributed by atoms with Gasteiger partial charge in [0.25, 0.3) is 5.91 Å². The third-order valence-corrected chi connectivity index (χ3v) is 3.90. The minimum Gasteiger partial charge on any atom is -0.466 e. The first-order valence-electron chi connectivity index (χ1n) is 7.12. The van der Waals surface area contributed by atoms with Gasteiger partial charge in [-0.25, -0.2) is 4.98 Å². The van der Waals surface area contributed by atoms with E-state index in [1.807, 2.05) is 25.1 Å². The molecule has 0 radical (unpaired) electrons. The number of ether oxygens (including phenoxy) is 1. The van der Waals surface area contributed by atoms with Gasteiger partial charge in [-0.1, -0.05) is 18.2 Å². The summed E-state index contributed by atoms with van der Waals surface area (Å²) in [6.45, 7) is 4.53. The molecule has 0 atom stereocenters. The molecule has 0 aliphatic carbocycles. The van der Waals surface area contributed by atoms with Crippen molar-refractivity contribution < 1.29 is 14.3 Å². The van der Waals surface area contributed by atoms with Crippen molar-refractivity contribution in [2.24, 2.45) is 0 Å². The smallest absolute Gasteiger partial charge is 0.311 e. The molecule has 0 spiro atoms. The first kappa shape index (κ1) is 16.2. The Morgan fingerprint density at radius 2 is 1.95 bits per heavy atom. The van der Waals surface area contributed by atoms with Crippen molar-refractivity contribution in [3.8, 4) is 0 Å². The monoisotopic (exact) mass is 318 g/mol. The van der Waals surface area contributed by atoms with Gasteiger partial charge in [-0.3, -0.25) is 14.5 Å². The molecule has 0 fully saturated rings. The molecular formula is C16H18N2O3S. The van der Waals surface area contributed by atoms with Gasteiger partial charge in [0.15, 0.2) is 5.13 Å². The molecule has 0 saturated heterocycles. The van der Waals surface area contributed by atoms with Gasteiger partial charge >= 0.3 is 5.97 Å². The average Bonchev–Trinajstić information content (AvgIpc) is 2.97. The summed E-state index contributed by atoms with van der Waals surface area (Å²) >= 11 is 1.35. The topological polar surface area (TPSA) is 59.5 Å². The standard InChI is InChI=1S/C16H18N2O3S/c1-3-18(15(20)12-8-6-5-7-9-12)16-17-13(11-22-16)10-14(19)21-4-2/h5-9,11H,3-4,10H2,1-2H3. The van der Waals surface area contributed by atoms with Crippen LogP contribution in [0, 0.1) is 0 Å². The van der Waals surface area contributed by atoms with Gasteiger partial charge < -0.3 is 4.74 Å². The van der Waals surface area contributed by atoms with Crippen molar-refractivity contribution >= 4 is 28.3 Å². The lowest BCUT2D eigenvalue weighted by Gasteiger charge is -2.17. The maximum Gasteiger partial charge on any atom is 0.311 e. The van der Waals surface area contributed by atoms with Crippen LogP contribution >= 0.6 is 11.3 Å². The lowest BCUT2D eigenvalue weighted by Crippen LogP contribution is -2.30. The number of benzene rings is 1. The van der Waals surface area contributed by atoms with Crippen LogP contribution in [0.15, 0.2) is 35.7 Å². The minimum absolute atomic E-state index is 0.0971. The molecule has 0 unspecified atom stereocenters. The summed E-state index contributed by atoms with van der Waals surface area (Å²) in [5.74, 6) is -0.406. The number of nitrogens with zero attached hydrogens (tertiary/aromatic N) is 2. The van der Waals surface area contributed by atoms with Crippen LogP contribution in [-0.2, 0) is 16.0 Å². The van der Waals surface area contributed by atoms with Gasteiger partial charge in [0.05, 0.1) is 18.7 Å². The van der Waals surface area contributed by atoms with E-state index in [1.165, 1.54) is 11.3 Å². The molecule has 0 bridgehead atoms. The molecule has 2 aromatic rings. The number of amides is 1. The predicted octanol–water partition coefficient (Wildman–Crippen LogP) is 2.92. The van der Waals surface area contributed by atoms with Crippen molar-refractivity contribution in [1.82, 2.24) is 4.98 Å². The average molecular weight is 318 g/mol. The van der Waals surface area contributed by atoms with E-state index in [4.69, 9.17) is 4.74 Å². The molecule has 0 saturated carbocycles. The van der Waals surface area contributed by atoms with E-state index < -0.39 is 0 Å². The second-order valence-corrected chi connectivity index (χ2v) is 5.36. The van der Waals surface area contributed by atoms with Crippen LogP contribution < -0.4 is 4.90 Å². The molecule has 2 rings (SSSR count). The van der Waals surface area contributed by atoms with Gasteiger partial charge in [0.2, 0.25) is 0 Å². The first-order chi connectivity index (χ1) is 10.7. The summed E-state index contributed by atoms with van der Waals surface area (Å²) in [5, 5.41) is 2.38. The fourth-order valence-electron chi connectivity index (χ4n) is 1.96. The van der Waals surface area contributed by atoms with Crippen LogP contribution in [0.25, 0.3) is 0 Å². The third-order valence-electron chi connectivity index (χ3n) is 2.98. The van der Waals surface area contributed by atoms with Crippen molar-refractivity contribution in [3.63, 3.8) is 0 Å². The van der Waals surface area contributed by atoms with Gasteiger partial charge in [-0.05, 0) is 26.0 Å². The van der Waals surface area contributed by atoms with E-state index in [0.717, 1.165) is 0 Å². The van der Waals surface area contributed by atoms with Gasteiger partial charge in [-0.2, -0.15) is 0 Å². The summed E-state index contributed by atoms with van der Waals surface area (Å²) < 4.78 is 4.90. The fraction of sp³-hybridized carbons (Fsp3) is 0.312. The Bertz CT molecular complexity index is 640. The number of carbonyl (C=O) groups is 2. The Balaban J connectivity index is 2.13. The quantitative estimate of drug-likeness (QED) is 0.768. The molecule has 0 aliphatic heterocycles. The van der Waals surface area contributed by atoms with E-state index >= 15 is 0 Å². The lowest BCUT2D eigenvalue weighted by atomic mass is 10.2. The molecular weight excluding hydrogens is 300 g/mol. The number of esters is 1. The number of carbonyl (C=O) groups excluding carboxylic acids is 2. The normalized spacial score (nSPS) is 10.3. The molecule has 0 aliphatic rings. The first-order valence-corrected chi connectivity index (χ1v) is 8.00. The molecule has 1 amide bonds. The summed E-state index contributed by atoms with van der Waals surface area (Å²) in [7, 11) is 0. The number of aromatic nitrogens is 1. The summed E-state index contributed by atoms with van der Waals surface area (Å²) in [4.78, 5) is 30.0. The highest BCUT2D eigenvalue weighted by molar-refractivity contribution is 7.14. The van der Waals surface area contributed by atoms with Crippen LogP contribution in [-0.4, -0.2) is 30.0 Å². The Hall–Kier alpha value is -2.21. The Kier molecular flexibility index (Phi) is 5.66. The summed E-state index contributed by atoms with van der Waals surface area (Å²) in [6.07, 6.45) is 0.126. The van der Waals surface area contributed by atoms with Crippen LogP contribution in [0.3, 0.4) is 0 Å². The van der Waals surface area contributed by atoms with E-state index in [0.29, 0.717) is 29.5 Å². The van der Waals surface area contributed by atoms with Crippen LogP contribution in [0.1, 0.15) is 29.9 Å². The Morgan fingerprint density at radius 3 is 2.59 bits per heavy atom. The zero-order valence-corrected chi connectivity index (χ0v) is 13.4. The number of thiazole rings is 1. The van der Waals surface area contributed by atoms with Crippen molar-refractivity contribution in [1.29, 1.82) is 0 Å². The summed E-state index contributed by atoms with van der Waals surface area (Å²) in [6, 6.07) is 9.08. The van der Waals surface area contributed by atoms with E-state index in [-0.39, 0.29) is 18.3 Å². The van der Waals surface area contributed by atoms with Crippen LogP contribution in [0.5, 0.6) is 0 Å². The third kappa shape index (κ3) is 3.92. The van der Waals surface area contributed by atoms with Crippen LogP contribution in [0.4, 0.5) is 5.13 Å². The fourth-order valence-corrected chi connectivity index (χ4v) is 2.85. The summed E-state index contributed by atoms with van der Waals surface area (Å²) in [5.41, 5.74) is 1.24. The SMILES string of the molecule is CCOC(=O)Cc1csc(N(CC)C(=O)c2ccccc2)n1. The second kappa shape index (κ2) is 7.70. The van der Waals surface area contributed by atoms with Crippen molar-refractivity contribution in [2.75, 3.05) is 18.1 Å². The highest BCUT2D eigenvalue weighted by Crippen LogP contribution is 2.22. The van der Waals surface area contributed by atoms with Crippen molar-refractivity contribution in [2.45, 2.75) is 20.3 Å². The van der Waals surface area contributed by atoms with E-state index in [2.05, 4.69) is 4.98 Å². The Labute approximate surface area is 133 Å². The van der Waals surface area contributed by atoms with Crippen LogP contribution in [0.2, 0.25) is 0 Å². The largest absolute Gasteiger partial charge is 0.466 e. The molecule has 116 valence electrons. The second-order valence-electron chi connectivity index (χ2n) is 4.52. The molecule has 1 aromatic heterocycles. The molecule has 1 aromatic carbocycles. The zero-order chi connectivity index (χ0) is 15.9. The highest BCUT2D eigenvalue weighted by atomic mass is 32.1. The highest BCUT2D eigenvalue weighted by Gasteiger charge is 2.19.